The van der Waals surface area contributed by atoms with Gasteiger partial charge in [-0.1, -0.05) is 39.1 Å². The topological polar surface area (TPSA) is 32.3 Å². The number of halogens is 3. The van der Waals surface area contributed by atoms with Crippen molar-refractivity contribution in [1.29, 1.82) is 0 Å². The van der Waals surface area contributed by atoms with Crippen molar-refractivity contribution in [2.75, 3.05) is 18.9 Å². The molecule has 1 saturated carbocycles. The molecular weight excluding hydrogens is 339 g/mol. The lowest BCUT2D eigenvalue weighted by molar-refractivity contribution is -0.128. The van der Waals surface area contributed by atoms with E-state index in [-0.39, 0.29) is 12.5 Å². The first kappa shape index (κ1) is 14.0. The fourth-order valence-corrected chi connectivity index (χ4v) is 3.01. The number of amides is 1. The van der Waals surface area contributed by atoms with Gasteiger partial charge in [0.05, 0.1) is 22.3 Å². The number of hydrogen-bond acceptors (Lipinski definition) is 2. The Hall–Kier alpha value is -0.450. The summed E-state index contributed by atoms with van der Waals surface area (Å²) in [7, 11) is 1.83. The van der Waals surface area contributed by atoms with E-state index in [1.165, 1.54) is 0 Å². The first-order valence-electron chi connectivity index (χ1n) is 5.63. The van der Waals surface area contributed by atoms with Crippen LogP contribution < -0.4 is 5.32 Å². The summed E-state index contributed by atoms with van der Waals surface area (Å²) < 4.78 is 0.810. The van der Waals surface area contributed by atoms with Crippen LogP contribution in [0.5, 0.6) is 0 Å². The molecule has 1 amide bonds. The highest BCUT2D eigenvalue weighted by molar-refractivity contribution is 9.10. The molecule has 1 aliphatic carbocycles. The van der Waals surface area contributed by atoms with Crippen molar-refractivity contribution in [3.8, 4) is 0 Å². The van der Waals surface area contributed by atoms with Gasteiger partial charge in [0.15, 0.2) is 0 Å². The Morgan fingerprint density at radius 3 is 2.50 bits per heavy atom. The molecule has 0 heterocycles. The SMILES string of the molecule is CN(C(=O)CNc1c(Cl)cc(Br)cc1Cl)C1CC1. The lowest BCUT2D eigenvalue weighted by Gasteiger charge is -2.17. The summed E-state index contributed by atoms with van der Waals surface area (Å²) in [4.78, 5) is 13.6. The van der Waals surface area contributed by atoms with E-state index < -0.39 is 0 Å². The van der Waals surface area contributed by atoms with Gasteiger partial charge in [0.25, 0.3) is 0 Å². The molecule has 3 nitrogen and oxygen atoms in total. The molecule has 1 aromatic rings. The smallest absolute Gasteiger partial charge is 0.241 e. The van der Waals surface area contributed by atoms with E-state index in [4.69, 9.17) is 23.2 Å². The Labute approximate surface area is 125 Å². The molecule has 0 radical (unpaired) electrons. The summed E-state index contributed by atoms with van der Waals surface area (Å²) in [5, 5.41) is 3.99. The van der Waals surface area contributed by atoms with Crippen molar-refractivity contribution < 1.29 is 4.79 Å². The minimum Gasteiger partial charge on any atom is -0.374 e. The Morgan fingerprint density at radius 2 is 2.00 bits per heavy atom. The van der Waals surface area contributed by atoms with E-state index in [1.807, 2.05) is 7.05 Å². The van der Waals surface area contributed by atoms with Gasteiger partial charge < -0.3 is 10.2 Å². The second-order valence-electron chi connectivity index (χ2n) is 4.33. The standard InChI is InChI=1S/C12H13BrCl2N2O/c1-17(8-2-3-8)11(18)6-16-12-9(14)4-7(13)5-10(12)15/h4-5,8,16H,2-3,6H2,1H3. The number of carbonyl (C=O) groups is 1. The van der Waals surface area contributed by atoms with Crippen LogP contribution in [0.15, 0.2) is 16.6 Å². The first-order valence-corrected chi connectivity index (χ1v) is 7.18. The number of nitrogens with zero attached hydrogens (tertiary/aromatic N) is 1. The highest BCUT2D eigenvalue weighted by atomic mass is 79.9. The van der Waals surface area contributed by atoms with E-state index in [9.17, 15) is 4.79 Å². The Morgan fingerprint density at radius 1 is 1.44 bits per heavy atom. The van der Waals surface area contributed by atoms with Gasteiger partial charge in [0.2, 0.25) is 5.91 Å². The number of likely N-dealkylation sites (N-methyl/N-ethyl adjacent to an activating group) is 1. The third kappa shape index (κ3) is 3.31. The van der Waals surface area contributed by atoms with E-state index in [2.05, 4.69) is 21.2 Å². The highest BCUT2D eigenvalue weighted by Crippen LogP contribution is 2.33. The average Bonchev–Trinajstić information content (AvgIpc) is 3.09. The summed E-state index contributed by atoms with van der Waals surface area (Å²) in [5.74, 6) is 0.0487. The number of carbonyl (C=O) groups excluding carboxylic acids is 1. The predicted molar refractivity (Wildman–Crippen MR) is 78.4 cm³/mol. The van der Waals surface area contributed by atoms with Crippen molar-refractivity contribution in [3.05, 3.63) is 26.7 Å². The van der Waals surface area contributed by atoms with Gasteiger partial charge in [0, 0.05) is 17.6 Å². The van der Waals surface area contributed by atoms with E-state index in [1.54, 1.807) is 17.0 Å². The fourth-order valence-electron chi connectivity index (χ4n) is 1.67. The minimum absolute atomic E-state index is 0.0487. The first-order chi connectivity index (χ1) is 8.49. The van der Waals surface area contributed by atoms with Crippen molar-refractivity contribution in [2.45, 2.75) is 18.9 Å². The van der Waals surface area contributed by atoms with Crippen LogP contribution in [0.2, 0.25) is 10.0 Å². The number of nitrogens with one attached hydrogen (secondary N) is 1. The predicted octanol–water partition coefficient (Wildman–Crippen LogP) is 3.79. The minimum atomic E-state index is 0.0487. The fraction of sp³-hybridized carbons (Fsp3) is 0.417. The van der Waals surface area contributed by atoms with E-state index in [0.29, 0.717) is 21.8 Å². The lowest BCUT2D eigenvalue weighted by atomic mass is 10.3. The van der Waals surface area contributed by atoms with Crippen LogP contribution in [-0.4, -0.2) is 30.4 Å². The molecule has 18 heavy (non-hydrogen) atoms. The summed E-state index contributed by atoms with van der Waals surface area (Å²) in [6, 6.07) is 3.89. The van der Waals surface area contributed by atoms with Crippen LogP contribution in [-0.2, 0) is 4.79 Å². The van der Waals surface area contributed by atoms with Gasteiger partial charge in [-0.3, -0.25) is 4.79 Å². The zero-order chi connectivity index (χ0) is 13.3. The molecule has 2 rings (SSSR count). The summed E-state index contributed by atoms with van der Waals surface area (Å²) in [6.45, 7) is 0.202. The molecule has 0 aliphatic heterocycles. The van der Waals surface area contributed by atoms with Gasteiger partial charge in [-0.05, 0) is 25.0 Å². The number of rotatable bonds is 4. The summed E-state index contributed by atoms with van der Waals surface area (Å²) >= 11 is 15.4. The maximum Gasteiger partial charge on any atom is 0.241 e. The number of anilines is 1. The molecule has 6 heteroatoms. The molecule has 1 aromatic carbocycles. The molecule has 1 fully saturated rings. The largest absolute Gasteiger partial charge is 0.374 e. The Bertz CT molecular complexity index is 454. The van der Waals surface area contributed by atoms with Gasteiger partial charge in [-0.2, -0.15) is 0 Å². The third-order valence-electron chi connectivity index (χ3n) is 2.91. The van der Waals surface area contributed by atoms with Crippen LogP contribution >= 0.6 is 39.1 Å². The molecule has 0 bridgehead atoms. The maximum absolute atomic E-state index is 11.9. The zero-order valence-corrected chi connectivity index (χ0v) is 12.9. The molecule has 1 N–H and O–H groups in total. The van der Waals surface area contributed by atoms with Crippen LogP contribution in [0.3, 0.4) is 0 Å². The van der Waals surface area contributed by atoms with Crippen LogP contribution in [0.25, 0.3) is 0 Å². The van der Waals surface area contributed by atoms with E-state index in [0.717, 1.165) is 17.3 Å². The second kappa shape index (κ2) is 5.68. The molecule has 1 aliphatic rings. The van der Waals surface area contributed by atoms with Gasteiger partial charge in [-0.15, -0.1) is 0 Å². The molecule has 0 spiro atoms. The van der Waals surface area contributed by atoms with Crippen molar-refractivity contribution in [3.63, 3.8) is 0 Å². The number of hydrogen-bond donors (Lipinski definition) is 1. The summed E-state index contributed by atoms with van der Waals surface area (Å²) in [6.07, 6.45) is 2.20. The molecule has 0 atom stereocenters. The summed E-state index contributed by atoms with van der Waals surface area (Å²) in [5.41, 5.74) is 0.596. The second-order valence-corrected chi connectivity index (χ2v) is 6.06. The Kier molecular flexibility index (Phi) is 4.41. The monoisotopic (exact) mass is 350 g/mol. The van der Waals surface area contributed by atoms with Gasteiger partial charge >= 0.3 is 0 Å². The van der Waals surface area contributed by atoms with Crippen LogP contribution in [0.4, 0.5) is 5.69 Å². The Balaban J connectivity index is 1.99. The molecule has 0 aromatic heterocycles. The van der Waals surface area contributed by atoms with Crippen molar-refractivity contribution >= 4 is 50.7 Å². The quantitative estimate of drug-likeness (QED) is 0.895. The molecule has 0 saturated heterocycles. The van der Waals surface area contributed by atoms with Crippen LogP contribution in [0, 0.1) is 0 Å². The van der Waals surface area contributed by atoms with Gasteiger partial charge in [-0.25, -0.2) is 0 Å². The van der Waals surface area contributed by atoms with E-state index >= 15 is 0 Å². The third-order valence-corrected chi connectivity index (χ3v) is 3.97. The van der Waals surface area contributed by atoms with Gasteiger partial charge in [0.1, 0.15) is 0 Å². The molecule has 0 unspecified atom stereocenters. The normalized spacial score (nSPS) is 14.4. The molecular formula is C12H13BrCl2N2O. The molecule has 98 valence electrons. The maximum atomic E-state index is 11.9. The van der Waals surface area contributed by atoms with Crippen molar-refractivity contribution in [2.24, 2.45) is 0 Å². The number of benzene rings is 1. The van der Waals surface area contributed by atoms with Crippen LogP contribution in [0.1, 0.15) is 12.8 Å². The zero-order valence-electron chi connectivity index (χ0n) is 9.84. The lowest BCUT2D eigenvalue weighted by Crippen LogP contribution is -2.33. The average molecular weight is 352 g/mol. The highest BCUT2D eigenvalue weighted by Gasteiger charge is 2.29. The van der Waals surface area contributed by atoms with Crippen molar-refractivity contribution in [1.82, 2.24) is 4.90 Å².